The Balaban J connectivity index is 2.16. The van der Waals surface area contributed by atoms with Crippen molar-refractivity contribution in [2.24, 2.45) is 11.3 Å². The molecule has 1 aromatic rings. The fourth-order valence-corrected chi connectivity index (χ4v) is 4.67. The van der Waals surface area contributed by atoms with E-state index in [1.165, 1.54) is 11.1 Å². The van der Waals surface area contributed by atoms with E-state index in [9.17, 15) is 10.2 Å². The van der Waals surface area contributed by atoms with Gasteiger partial charge in [0, 0.05) is 5.41 Å². The molecular formula is C20H28O2. The topological polar surface area (TPSA) is 40.5 Å². The number of aliphatic hydroxyl groups excluding tert-OH is 1. The van der Waals surface area contributed by atoms with Gasteiger partial charge >= 0.3 is 0 Å². The van der Waals surface area contributed by atoms with Gasteiger partial charge in [0.25, 0.3) is 0 Å². The van der Waals surface area contributed by atoms with E-state index < -0.39 is 0 Å². The molecule has 2 aliphatic rings. The van der Waals surface area contributed by atoms with E-state index in [2.05, 4.69) is 52.8 Å². The Bertz CT molecular complexity index is 627. The van der Waals surface area contributed by atoms with Crippen molar-refractivity contribution < 1.29 is 10.2 Å². The lowest BCUT2D eigenvalue weighted by atomic mass is 9.51. The first-order chi connectivity index (χ1) is 10.2. The third-order valence-electron chi connectivity index (χ3n) is 6.19. The standard InChI is InChI=1S/C20H28O2/c1-12(2)14-10-13-6-7-17-19(3,4)18(22)8-9-20(17,5)15(13)11-16(14)21/h6-7,10-12,17-18,21-22H,8-9H2,1-5H3/t17-,18+,20-/m1/s1. The Morgan fingerprint density at radius 1 is 1.18 bits per heavy atom. The van der Waals surface area contributed by atoms with Crippen LogP contribution in [0.5, 0.6) is 5.75 Å². The molecular weight excluding hydrogens is 272 g/mol. The molecule has 3 atom stereocenters. The molecule has 2 heteroatoms. The zero-order chi connectivity index (χ0) is 16.3. The summed E-state index contributed by atoms with van der Waals surface area (Å²) in [4.78, 5) is 0. The van der Waals surface area contributed by atoms with E-state index in [0.29, 0.717) is 17.6 Å². The van der Waals surface area contributed by atoms with Crippen LogP contribution in [0.2, 0.25) is 0 Å². The highest BCUT2D eigenvalue weighted by Gasteiger charge is 2.52. The van der Waals surface area contributed by atoms with Crippen LogP contribution in [0.1, 0.15) is 70.1 Å². The summed E-state index contributed by atoms with van der Waals surface area (Å²) >= 11 is 0. The van der Waals surface area contributed by atoms with E-state index in [4.69, 9.17) is 0 Å². The van der Waals surface area contributed by atoms with Gasteiger partial charge in [0.2, 0.25) is 0 Å². The molecule has 0 heterocycles. The van der Waals surface area contributed by atoms with Gasteiger partial charge in [-0.25, -0.2) is 0 Å². The van der Waals surface area contributed by atoms with Crippen molar-refractivity contribution in [1.82, 2.24) is 0 Å². The van der Waals surface area contributed by atoms with Crippen molar-refractivity contribution >= 4 is 6.08 Å². The quantitative estimate of drug-likeness (QED) is 0.796. The van der Waals surface area contributed by atoms with Crippen LogP contribution in [0.3, 0.4) is 0 Å². The SMILES string of the molecule is CC(C)c1cc2c(cc1O)[C@@]1(C)CC[C@H](O)C(C)(C)[C@H]1C=C2. The Labute approximate surface area is 133 Å². The average molecular weight is 300 g/mol. The lowest BCUT2D eigenvalue weighted by Crippen LogP contribution is -2.52. The zero-order valence-corrected chi connectivity index (χ0v) is 14.4. The van der Waals surface area contributed by atoms with Crippen LogP contribution in [0.15, 0.2) is 18.2 Å². The largest absolute Gasteiger partial charge is 0.508 e. The van der Waals surface area contributed by atoms with Crippen LogP contribution in [0.25, 0.3) is 6.08 Å². The van der Waals surface area contributed by atoms with E-state index in [1.807, 2.05) is 6.07 Å². The lowest BCUT2D eigenvalue weighted by molar-refractivity contribution is -0.0482. The van der Waals surface area contributed by atoms with E-state index in [1.54, 1.807) is 0 Å². The maximum absolute atomic E-state index is 10.5. The first-order valence-corrected chi connectivity index (χ1v) is 8.41. The van der Waals surface area contributed by atoms with Crippen molar-refractivity contribution in [2.75, 3.05) is 0 Å². The molecule has 120 valence electrons. The van der Waals surface area contributed by atoms with Gasteiger partial charge in [-0.2, -0.15) is 0 Å². The van der Waals surface area contributed by atoms with Crippen molar-refractivity contribution in [2.45, 2.75) is 64.9 Å². The molecule has 3 rings (SSSR count). The first-order valence-electron chi connectivity index (χ1n) is 8.41. The summed E-state index contributed by atoms with van der Waals surface area (Å²) < 4.78 is 0. The summed E-state index contributed by atoms with van der Waals surface area (Å²) in [6.07, 6.45) is 5.99. The smallest absolute Gasteiger partial charge is 0.119 e. The molecule has 2 nitrogen and oxygen atoms in total. The zero-order valence-electron chi connectivity index (χ0n) is 14.4. The highest BCUT2D eigenvalue weighted by Crippen LogP contribution is 2.56. The van der Waals surface area contributed by atoms with Crippen LogP contribution in [-0.4, -0.2) is 16.3 Å². The molecule has 0 spiro atoms. The normalized spacial score (nSPS) is 32.7. The molecule has 0 amide bonds. The van der Waals surface area contributed by atoms with Gasteiger partial charge < -0.3 is 10.2 Å². The third kappa shape index (κ3) is 2.04. The number of aromatic hydroxyl groups is 1. The van der Waals surface area contributed by atoms with Crippen LogP contribution >= 0.6 is 0 Å². The molecule has 1 fully saturated rings. The Kier molecular flexibility index (Phi) is 3.45. The Morgan fingerprint density at radius 2 is 1.86 bits per heavy atom. The third-order valence-corrected chi connectivity index (χ3v) is 6.19. The number of hydrogen-bond donors (Lipinski definition) is 2. The number of phenolic OH excluding ortho intramolecular Hbond substituents is 1. The summed E-state index contributed by atoms with van der Waals surface area (Å²) in [6.45, 7) is 10.8. The van der Waals surface area contributed by atoms with Crippen LogP contribution in [-0.2, 0) is 5.41 Å². The monoisotopic (exact) mass is 300 g/mol. The fraction of sp³-hybridized carbons (Fsp3) is 0.600. The molecule has 0 bridgehead atoms. The minimum Gasteiger partial charge on any atom is -0.508 e. The van der Waals surface area contributed by atoms with Crippen LogP contribution in [0.4, 0.5) is 0 Å². The number of rotatable bonds is 1. The molecule has 1 saturated carbocycles. The Morgan fingerprint density at radius 3 is 2.50 bits per heavy atom. The van der Waals surface area contributed by atoms with Gasteiger partial charge in [-0.1, -0.05) is 46.8 Å². The summed E-state index contributed by atoms with van der Waals surface area (Å²) in [5.41, 5.74) is 3.32. The van der Waals surface area contributed by atoms with Gasteiger partial charge in [-0.15, -0.1) is 0 Å². The molecule has 1 aromatic carbocycles. The predicted molar refractivity (Wildman–Crippen MR) is 91.1 cm³/mol. The molecule has 0 aliphatic heterocycles. The highest BCUT2D eigenvalue weighted by molar-refractivity contribution is 5.64. The maximum Gasteiger partial charge on any atom is 0.119 e. The number of fused-ring (bicyclic) bond motifs is 3. The van der Waals surface area contributed by atoms with Crippen molar-refractivity contribution in [3.63, 3.8) is 0 Å². The van der Waals surface area contributed by atoms with E-state index in [0.717, 1.165) is 18.4 Å². The van der Waals surface area contributed by atoms with Gasteiger partial charge in [0.05, 0.1) is 6.10 Å². The van der Waals surface area contributed by atoms with Crippen LogP contribution in [0, 0.1) is 11.3 Å². The highest BCUT2D eigenvalue weighted by atomic mass is 16.3. The van der Waals surface area contributed by atoms with Crippen LogP contribution < -0.4 is 0 Å². The molecule has 0 saturated heterocycles. The number of benzene rings is 1. The van der Waals surface area contributed by atoms with Crippen molar-refractivity contribution in [1.29, 1.82) is 0 Å². The lowest BCUT2D eigenvalue weighted by Gasteiger charge is -2.54. The number of phenols is 1. The van der Waals surface area contributed by atoms with E-state index >= 15 is 0 Å². The number of aliphatic hydroxyl groups is 1. The second-order valence-electron chi connectivity index (χ2n) is 8.28. The fourth-order valence-electron chi connectivity index (χ4n) is 4.67. The molecule has 0 unspecified atom stereocenters. The molecule has 22 heavy (non-hydrogen) atoms. The molecule has 2 aliphatic carbocycles. The van der Waals surface area contributed by atoms with Gasteiger partial charge in [0.15, 0.2) is 0 Å². The Hall–Kier alpha value is -1.28. The summed E-state index contributed by atoms with van der Waals surface area (Å²) in [5, 5.41) is 20.9. The predicted octanol–water partition coefficient (Wildman–Crippen LogP) is 4.60. The minimum absolute atomic E-state index is 0.0141. The van der Waals surface area contributed by atoms with Gasteiger partial charge in [-0.05, 0) is 58.9 Å². The maximum atomic E-state index is 10.5. The van der Waals surface area contributed by atoms with E-state index in [-0.39, 0.29) is 16.9 Å². The van der Waals surface area contributed by atoms with Gasteiger partial charge in [-0.3, -0.25) is 0 Å². The van der Waals surface area contributed by atoms with Crippen molar-refractivity contribution in [3.8, 4) is 5.75 Å². The second kappa shape index (κ2) is 4.86. The second-order valence-corrected chi connectivity index (χ2v) is 8.28. The number of allylic oxidation sites excluding steroid dienone is 1. The average Bonchev–Trinajstić information content (AvgIpc) is 2.43. The van der Waals surface area contributed by atoms with Crippen molar-refractivity contribution in [3.05, 3.63) is 34.9 Å². The summed E-state index contributed by atoms with van der Waals surface area (Å²) in [7, 11) is 0. The molecule has 0 aromatic heterocycles. The minimum atomic E-state index is -0.264. The summed E-state index contributed by atoms with van der Waals surface area (Å²) in [5.74, 6) is 1.02. The first kappa shape index (κ1) is 15.6. The molecule has 2 N–H and O–H groups in total. The summed E-state index contributed by atoms with van der Waals surface area (Å²) in [6, 6.07) is 4.13. The number of hydrogen-bond acceptors (Lipinski definition) is 2. The molecule has 0 radical (unpaired) electrons. The van der Waals surface area contributed by atoms with Gasteiger partial charge in [0.1, 0.15) is 5.75 Å².